The Kier molecular flexibility index (Phi) is 2.95. The average Bonchev–Trinajstić information content (AvgIpc) is 2.07. The van der Waals surface area contributed by atoms with Crippen LogP contribution in [-0.2, 0) is 4.79 Å². The molecule has 2 N–H and O–H groups in total. The van der Waals surface area contributed by atoms with E-state index in [0.717, 1.165) is 19.4 Å². The van der Waals surface area contributed by atoms with Crippen molar-refractivity contribution in [1.29, 1.82) is 0 Å². The monoisotopic (exact) mass is 154 g/mol. The van der Waals surface area contributed by atoms with Gasteiger partial charge in [-0.05, 0) is 19.3 Å². The van der Waals surface area contributed by atoms with Crippen molar-refractivity contribution >= 4 is 6.29 Å². The molecule has 1 aliphatic rings. The third kappa shape index (κ3) is 2.26. The summed E-state index contributed by atoms with van der Waals surface area (Å²) in [6.07, 6.45) is 5.82. The fourth-order valence-corrected chi connectivity index (χ4v) is 1.33. The van der Waals surface area contributed by atoms with Gasteiger partial charge >= 0.3 is 0 Å². The van der Waals surface area contributed by atoms with Gasteiger partial charge in [0.2, 0.25) is 0 Å². The molecule has 0 unspecified atom stereocenters. The van der Waals surface area contributed by atoms with Gasteiger partial charge in [0.25, 0.3) is 0 Å². The zero-order valence-corrected chi connectivity index (χ0v) is 6.62. The maximum atomic E-state index is 10.1. The molecule has 0 saturated carbocycles. The summed E-state index contributed by atoms with van der Waals surface area (Å²) in [6, 6.07) is 0. The summed E-state index contributed by atoms with van der Waals surface area (Å²) in [4.78, 5) is 12.1. The van der Waals surface area contributed by atoms with E-state index in [1.54, 1.807) is 0 Å². The largest absolute Gasteiger partial charge is 0.385 e. The first kappa shape index (κ1) is 8.11. The molecule has 1 heterocycles. The van der Waals surface area contributed by atoms with E-state index in [4.69, 9.17) is 5.73 Å². The summed E-state index contributed by atoms with van der Waals surface area (Å²) in [5, 5.41) is 0. The van der Waals surface area contributed by atoms with E-state index < -0.39 is 0 Å². The topological polar surface area (TPSA) is 46.3 Å². The van der Waals surface area contributed by atoms with Crippen LogP contribution in [0.2, 0.25) is 0 Å². The van der Waals surface area contributed by atoms with Crippen molar-refractivity contribution in [1.82, 2.24) is 4.90 Å². The first-order valence-electron chi connectivity index (χ1n) is 4.00. The number of allylic oxidation sites excluding steroid dienone is 1. The van der Waals surface area contributed by atoms with E-state index in [1.807, 2.05) is 0 Å². The average molecular weight is 154 g/mol. The van der Waals surface area contributed by atoms with Gasteiger partial charge in [0, 0.05) is 19.2 Å². The smallest absolute Gasteiger partial charge is 0.146 e. The summed E-state index contributed by atoms with van der Waals surface area (Å²) in [6.45, 7) is 1.99. The number of nitrogens with two attached hydrogens (primary N) is 1. The highest BCUT2D eigenvalue weighted by molar-refractivity contribution is 5.65. The molecule has 11 heavy (non-hydrogen) atoms. The molecule has 0 aliphatic carbocycles. The van der Waals surface area contributed by atoms with Crippen LogP contribution >= 0.6 is 0 Å². The predicted octanol–water partition coefficient (Wildman–Crippen LogP) is 0.471. The number of aldehydes is 1. The molecule has 0 aromatic carbocycles. The number of carbonyl (C=O) groups excluding carboxylic acids is 1. The Bertz CT molecular complexity index is 159. The lowest BCUT2D eigenvalue weighted by molar-refractivity contribution is -0.104. The number of likely N-dealkylation sites (tertiary alicyclic amines) is 1. The standard InChI is InChI=1S/C8H14N2O/c9-8(4-7-11)10-5-2-1-3-6-10/h4,7H,1-3,5-6,9H2. The second kappa shape index (κ2) is 4.01. The maximum absolute atomic E-state index is 10.1. The van der Waals surface area contributed by atoms with E-state index in [-0.39, 0.29) is 0 Å². The third-order valence-electron chi connectivity index (χ3n) is 1.96. The van der Waals surface area contributed by atoms with Crippen LogP contribution < -0.4 is 5.73 Å². The molecule has 1 fully saturated rings. The van der Waals surface area contributed by atoms with Crippen LogP contribution in [0.5, 0.6) is 0 Å². The van der Waals surface area contributed by atoms with Gasteiger partial charge in [0.15, 0.2) is 0 Å². The summed E-state index contributed by atoms with van der Waals surface area (Å²) in [5.74, 6) is 0.611. The van der Waals surface area contributed by atoms with Crippen LogP contribution in [0.15, 0.2) is 11.9 Å². The SMILES string of the molecule is NC(=CC=O)N1CCCCC1. The minimum atomic E-state index is 0.611. The molecule has 0 spiro atoms. The van der Waals surface area contributed by atoms with Crippen molar-refractivity contribution in [2.45, 2.75) is 19.3 Å². The number of piperidine rings is 1. The van der Waals surface area contributed by atoms with Crippen molar-refractivity contribution in [2.24, 2.45) is 5.73 Å². The number of rotatable bonds is 2. The van der Waals surface area contributed by atoms with Gasteiger partial charge in [-0.15, -0.1) is 0 Å². The number of carbonyl (C=O) groups is 1. The van der Waals surface area contributed by atoms with Crippen LogP contribution in [0, 0.1) is 0 Å². The minimum absolute atomic E-state index is 0.611. The Morgan fingerprint density at radius 2 is 1.91 bits per heavy atom. The van der Waals surface area contributed by atoms with Gasteiger partial charge in [-0.25, -0.2) is 0 Å². The Hall–Kier alpha value is -0.990. The highest BCUT2D eigenvalue weighted by Crippen LogP contribution is 2.10. The zero-order valence-electron chi connectivity index (χ0n) is 6.62. The lowest BCUT2D eigenvalue weighted by Crippen LogP contribution is -2.32. The van der Waals surface area contributed by atoms with Crippen molar-refractivity contribution < 1.29 is 4.79 Å². The summed E-state index contributed by atoms with van der Waals surface area (Å²) >= 11 is 0. The van der Waals surface area contributed by atoms with Gasteiger partial charge in [0.05, 0.1) is 0 Å². The Balaban J connectivity index is 2.44. The normalized spacial score (nSPS) is 20.0. The Morgan fingerprint density at radius 1 is 1.27 bits per heavy atom. The molecular weight excluding hydrogens is 140 g/mol. The molecule has 1 rings (SSSR count). The van der Waals surface area contributed by atoms with Crippen LogP contribution in [0.3, 0.4) is 0 Å². The molecular formula is C8H14N2O. The maximum Gasteiger partial charge on any atom is 0.146 e. The van der Waals surface area contributed by atoms with Gasteiger partial charge in [-0.2, -0.15) is 0 Å². The zero-order chi connectivity index (χ0) is 8.10. The molecule has 3 nitrogen and oxygen atoms in total. The molecule has 1 aliphatic heterocycles. The molecule has 0 atom stereocenters. The molecule has 0 amide bonds. The van der Waals surface area contributed by atoms with Gasteiger partial charge in [-0.1, -0.05) is 0 Å². The lowest BCUT2D eigenvalue weighted by Gasteiger charge is -2.28. The number of hydrogen-bond acceptors (Lipinski definition) is 3. The van der Waals surface area contributed by atoms with Gasteiger partial charge in [-0.3, -0.25) is 4.79 Å². The Morgan fingerprint density at radius 3 is 2.45 bits per heavy atom. The molecule has 0 aromatic rings. The molecule has 0 radical (unpaired) electrons. The molecule has 62 valence electrons. The van der Waals surface area contributed by atoms with Crippen molar-refractivity contribution in [3.8, 4) is 0 Å². The van der Waals surface area contributed by atoms with Gasteiger partial charge in [0.1, 0.15) is 12.1 Å². The molecule has 3 heteroatoms. The Labute approximate surface area is 66.9 Å². The fourth-order valence-electron chi connectivity index (χ4n) is 1.33. The molecule has 0 aromatic heterocycles. The van der Waals surface area contributed by atoms with Crippen molar-refractivity contribution in [2.75, 3.05) is 13.1 Å². The van der Waals surface area contributed by atoms with E-state index in [0.29, 0.717) is 5.82 Å². The number of hydrogen-bond donors (Lipinski definition) is 1. The first-order chi connectivity index (χ1) is 5.34. The van der Waals surface area contributed by atoms with Crippen LogP contribution in [0.1, 0.15) is 19.3 Å². The highest BCUT2D eigenvalue weighted by Gasteiger charge is 2.09. The summed E-state index contributed by atoms with van der Waals surface area (Å²) in [7, 11) is 0. The number of nitrogens with zero attached hydrogens (tertiary/aromatic N) is 1. The second-order valence-electron chi connectivity index (χ2n) is 2.78. The molecule has 1 saturated heterocycles. The van der Waals surface area contributed by atoms with E-state index in [1.165, 1.54) is 25.3 Å². The summed E-state index contributed by atoms with van der Waals surface area (Å²) < 4.78 is 0. The predicted molar refractivity (Wildman–Crippen MR) is 43.8 cm³/mol. The molecule has 0 bridgehead atoms. The van der Waals surface area contributed by atoms with E-state index in [9.17, 15) is 4.79 Å². The van der Waals surface area contributed by atoms with E-state index >= 15 is 0 Å². The van der Waals surface area contributed by atoms with Crippen molar-refractivity contribution in [3.05, 3.63) is 11.9 Å². The second-order valence-corrected chi connectivity index (χ2v) is 2.78. The van der Waals surface area contributed by atoms with Crippen LogP contribution in [-0.4, -0.2) is 24.3 Å². The van der Waals surface area contributed by atoms with Crippen LogP contribution in [0.4, 0.5) is 0 Å². The summed E-state index contributed by atoms with van der Waals surface area (Å²) in [5.41, 5.74) is 5.61. The first-order valence-corrected chi connectivity index (χ1v) is 4.00. The third-order valence-corrected chi connectivity index (χ3v) is 1.96. The van der Waals surface area contributed by atoms with Crippen molar-refractivity contribution in [3.63, 3.8) is 0 Å². The lowest BCUT2D eigenvalue weighted by atomic mass is 10.1. The van der Waals surface area contributed by atoms with E-state index in [2.05, 4.69) is 4.90 Å². The highest BCUT2D eigenvalue weighted by atomic mass is 16.1. The fraction of sp³-hybridized carbons (Fsp3) is 0.625. The quantitative estimate of drug-likeness (QED) is 0.464. The minimum Gasteiger partial charge on any atom is -0.385 e. The van der Waals surface area contributed by atoms with Gasteiger partial charge < -0.3 is 10.6 Å². The van der Waals surface area contributed by atoms with Crippen LogP contribution in [0.25, 0.3) is 0 Å².